The lowest BCUT2D eigenvalue weighted by molar-refractivity contribution is -0.903. The van der Waals surface area contributed by atoms with E-state index in [0.29, 0.717) is 25.7 Å². The van der Waals surface area contributed by atoms with Crippen molar-refractivity contribution in [3.8, 4) is 5.75 Å². The van der Waals surface area contributed by atoms with Gasteiger partial charge in [-0.2, -0.15) is 0 Å². The predicted octanol–water partition coefficient (Wildman–Crippen LogP) is 1.69. The summed E-state index contributed by atoms with van der Waals surface area (Å²) >= 11 is 6.23. The second-order valence-corrected chi connectivity index (χ2v) is 7.11. The molecular weight excluding hydrogens is 342 g/mol. The quantitative estimate of drug-likeness (QED) is 0.584. The summed E-state index contributed by atoms with van der Waals surface area (Å²) in [6, 6.07) is 3.91. The lowest BCUT2D eigenvalue weighted by atomic mass is 10.0. The number of aliphatic hydroxyl groups excluding tert-OH is 1. The van der Waals surface area contributed by atoms with Crippen LogP contribution < -0.4 is 9.64 Å². The molecule has 0 spiro atoms. The molecule has 5 nitrogen and oxygen atoms in total. The van der Waals surface area contributed by atoms with Crippen LogP contribution in [0.2, 0.25) is 5.02 Å². The Morgan fingerprint density at radius 1 is 1.12 bits per heavy atom. The molecule has 1 aromatic carbocycles. The Morgan fingerprint density at radius 2 is 1.72 bits per heavy atom. The van der Waals surface area contributed by atoms with Crippen molar-refractivity contribution in [3.05, 3.63) is 28.3 Å². The van der Waals surface area contributed by atoms with Crippen molar-refractivity contribution in [1.82, 2.24) is 0 Å². The van der Waals surface area contributed by atoms with Gasteiger partial charge in [0.2, 0.25) is 0 Å². The molecule has 0 bridgehead atoms. The average Bonchev–Trinajstić information content (AvgIpc) is 2.57. The number of rotatable bonds is 12. The Morgan fingerprint density at radius 3 is 2.24 bits per heavy atom. The summed E-state index contributed by atoms with van der Waals surface area (Å²) in [6.07, 6.45) is -0.556. The molecule has 0 aliphatic rings. The third-order valence-electron chi connectivity index (χ3n) is 4.19. The van der Waals surface area contributed by atoms with Gasteiger partial charge in [0.25, 0.3) is 0 Å². The highest BCUT2D eigenvalue weighted by molar-refractivity contribution is 6.31. The van der Waals surface area contributed by atoms with E-state index in [2.05, 4.69) is 13.8 Å². The second-order valence-electron chi connectivity index (χ2n) is 6.70. The molecule has 25 heavy (non-hydrogen) atoms. The number of nitrogens with one attached hydrogen (secondary N) is 1. The van der Waals surface area contributed by atoms with Crippen LogP contribution in [0.5, 0.6) is 5.75 Å². The third-order valence-corrected chi connectivity index (χ3v) is 4.60. The molecule has 1 aromatic rings. The molecule has 1 rings (SSSR count). The number of halogens is 1. The van der Waals surface area contributed by atoms with Gasteiger partial charge in [0.05, 0.1) is 13.2 Å². The van der Waals surface area contributed by atoms with E-state index in [1.54, 1.807) is 14.2 Å². The molecule has 6 heteroatoms. The minimum atomic E-state index is -0.556. The molecule has 0 fully saturated rings. The average molecular weight is 375 g/mol. The van der Waals surface area contributed by atoms with E-state index in [1.807, 2.05) is 19.1 Å². The topological polar surface area (TPSA) is 52.4 Å². The smallest absolute Gasteiger partial charge is 0.137 e. The number of methoxy groups -OCH3 is 2. The molecule has 0 saturated heterocycles. The van der Waals surface area contributed by atoms with E-state index >= 15 is 0 Å². The van der Waals surface area contributed by atoms with Crippen LogP contribution in [0.25, 0.3) is 0 Å². The first-order chi connectivity index (χ1) is 11.9. The van der Waals surface area contributed by atoms with Crippen molar-refractivity contribution in [3.63, 3.8) is 0 Å². The Kier molecular flexibility index (Phi) is 10.4. The van der Waals surface area contributed by atoms with Crippen LogP contribution in [0.15, 0.2) is 12.1 Å². The fourth-order valence-corrected chi connectivity index (χ4v) is 2.82. The van der Waals surface area contributed by atoms with Crippen LogP contribution >= 0.6 is 11.6 Å². The van der Waals surface area contributed by atoms with Gasteiger partial charge < -0.3 is 24.2 Å². The Hall–Kier alpha value is -0.850. The SMILES string of the molecule is COCC[NH+](CCOC)C[C@H](O)COc1cc(C)c(Cl)cc1C(C)C. The van der Waals surface area contributed by atoms with E-state index < -0.39 is 6.10 Å². The summed E-state index contributed by atoms with van der Waals surface area (Å²) in [5.74, 6) is 1.10. The minimum Gasteiger partial charge on any atom is -0.490 e. The van der Waals surface area contributed by atoms with E-state index in [9.17, 15) is 5.11 Å². The maximum atomic E-state index is 10.4. The van der Waals surface area contributed by atoms with Gasteiger partial charge in [-0.3, -0.25) is 0 Å². The van der Waals surface area contributed by atoms with Gasteiger partial charge in [0.1, 0.15) is 38.1 Å². The summed E-state index contributed by atoms with van der Waals surface area (Å²) < 4.78 is 16.2. The van der Waals surface area contributed by atoms with Crippen LogP contribution in [0.1, 0.15) is 30.9 Å². The number of aliphatic hydroxyl groups is 1. The lowest BCUT2D eigenvalue weighted by Crippen LogP contribution is -3.14. The Bertz CT molecular complexity index is 502. The highest BCUT2D eigenvalue weighted by atomic mass is 35.5. The summed E-state index contributed by atoms with van der Waals surface area (Å²) in [5, 5.41) is 11.1. The molecule has 2 N–H and O–H groups in total. The molecule has 144 valence electrons. The van der Waals surface area contributed by atoms with Gasteiger partial charge >= 0.3 is 0 Å². The van der Waals surface area contributed by atoms with Crippen LogP contribution in [0, 0.1) is 6.92 Å². The van der Waals surface area contributed by atoms with Crippen LogP contribution in [-0.4, -0.2) is 64.9 Å². The number of hydrogen-bond donors (Lipinski definition) is 2. The van der Waals surface area contributed by atoms with Gasteiger partial charge in [-0.1, -0.05) is 25.4 Å². The zero-order chi connectivity index (χ0) is 18.8. The van der Waals surface area contributed by atoms with Gasteiger partial charge in [-0.15, -0.1) is 0 Å². The maximum Gasteiger partial charge on any atom is 0.137 e. The number of benzene rings is 1. The molecule has 0 aromatic heterocycles. The second kappa shape index (κ2) is 11.7. The first-order valence-electron chi connectivity index (χ1n) is 8.81. The maximum absolute atomic E-state index is 10.4. The van der Waals surface area contributed by atoms with E-state index in [1.165, 1.54) is 4.90 Å². The van der Waals surface area contributed by atoms with Crippen molar-refractivity contribution in [2.24, 2.45) is 0 Å². The first-order valence-corrected chi connectivity index (χ1v) is 9.19. The van der Waals surface area contributed by atoms with E-state index in [4.69, 9.17) is 25.8 Å². The molecule has 0 heterocycles. The third kappa shape index (κ3) is 7.92. The Balaban J connectivity index is 2.65. The highest BCUT2D eigenvalue weighted by Gasteiger charge is 2.17. The van der Waals surface area contributed by atoms with Gasteiger partial charge in [0, 0.05) is 19.2 Å². The fraction of sp³-hybridized carbons (Fsp3) is 0.684. The fourth-order valence-electron chi connectivity index (χ4n) is 2.65. The molecular formula is C19H33ClNO4+. The van der Waals surface area contributed by atoms with Crippen LogP contribution in [-0.2, 0) is 9.47 Å². The summed E-state index contributed by atoms with van der Waals surface area (Å²) in [6.45, 7) is 9.97. The zero-order valence-electron chi connectivity index (χ0n) is 16.1. The largest absolute Gasteiger partial charge is 0.490 e. The molecule has 0 aliphatic heterocycles. The minimum absolute atomic E-state index is 0.254. The van der Waals surface area contributed by atoms with Crippen LogP contribution in [0.4, 0.5) is 0 Å². The standard InChI is InChI=1S/C19H32ClNO4/c1-14(2)17-11-18(20)15(3)10-19(17)25-13-16(22)12-21(6-8-23-4)7-9-24-5/h10-11,14,16,22H,6-9,12-13H2,1-5H3/p+1/t16-/m0/s1. The number of quaternary nitrogens is 1. The monoisotopic (exact) mass is 374 g/mol. The molecule has 0 unspecified atom stereocenters. The molecule has 0 aliphatic carbocycles. The summed E-state index contributed by atoms with van der Waals surface area (Å²) in [4.78, 5) is 1.23. The van der Waals surface area contributed by atoms with Crippen molar-refractivity contribution in [2.75, 3.05) is 53.7 Å². The summed E-state index contributed by atoms with van der Waals surface area (Å²) in [7, 11) is 3.37. The van der Waals surface area contributed by atoms with Crippen molar-refractivity contribution < 1.29 is 24.2 Å². The lowest BCUT2D eigenvalue weighted by Gasteiger charge is -2.23. The van der Waals surface area contributed by atoms with Gasteiger partial charge in [-0.05, 0) is 36.1 Å². The Labute approximate surface area is 156 Å². The number of ether oxygens (including phenoxy) is 3. The number of aryl methyl sites for hydroxylation is 1. The first kappa shape index (κ1) is 22.2. The molecule has 0 saturated carbocycles. The van der Waals surface area contributed by atoms with Gasteiger partial charge in [-0.25, -0.2) is 0 Å². The molecule has 1 atom stereocenters. The number of hydrogen-bond acceptors (Lipinski definition) is 4. The predicted molar refractivity (Wildman–Crippen MR) is 101 cm³/mol. The highest BCUT2D eigenvalue weighted by Crippen LogP contribution is 2.32. The van der Waals surface area contributed by atoms with Crippen molar-refractivity contribution in [2.45, 2.75) is 32.8 Å². The molecule has 0 amide bonds. The van der Waals surface area contributed by atoms with Gasteiger partial charge in [0.15, 0.2) is 0 Å². The van der Waals surface area contributed by atoms with Crippen LogP contribution in [0.3, 0.4) is 0 Å². The van der Waals surface area contributed by atoms with E-state index in [-0.39, 0.29) is 6.61 Å². The summed E-state index contributed by atoms with van der Waals surface area (Å²) in [5.41, 5.74) is 2.04. The molecule has 0 radical (unpaired) electrons. The van der Waals surface area contributed by atoms with Crippen molar-refractivity contribution in [1.29, 1.82) is 0 Å². The zero-order valence-corrected chi connectivity index (χ0v) is 16.9. The normalized spacial score (nSPS) is 12.8. The van der Waals surface area contributed by atoms with E-state index in [0.717, 1.165) is 35.0 Å². The van der Waals surface area contributed by atoms with Crippen molar-refractivity contribution >= 4 is 11.6 Å².